The van der Waals surface area contributed by atoms with Crippen molar-refractivity contribution in [3.63, 3.8) is 0 Å². The fourth-order valence-corrected chi connectivity index (χ4v) is 2.15. The molecule has 5 nitrogen and oxygen atoms in total. The normalized spacial score (nSPS) is 19.4. The summed E-state index contributed by atoms with van der Waals surface area (Å²) in [7, 11) is 0. The maximum Gasteiger partial charge on any atom is 0.337 e. The highest BCUT2D eigenvalue weighted by atomic mass is 16.4. The van der Waals surface area contributed by atoms with E-state index in [1.807, 2.05) is 0 Å². The second-order valence-corrected chi connectivity index (χ2v) is 4.45. The molecule has 1 heterocycles. The standard InChI is InChI=1S/C13H13NO4/c1-7-4-3-5-9(13(17)18)11(7)14-10(15)6-8(2)12(14)16/h3-5,8H,6H2,1-2H3,(H,17,18). The Kier molecular flexibility index (Phi) is 2.90. The topological polar surface area (TPSA) is 74.7 Å². The number of benzene rings is 1. The lowest BCUT2D eigenvalue weighted by molar-refractivity contribution is -0.122. The summed E-state index contributed by atoms with van der Waals surface area (Å²) in [6.07, 6.45) is 0.131. The lowest BCUT2D eigenvalue weighted by Gasteiger charge is -2.19. The van der Waals surface area contributed by atoms with Gasteiger partial charge in [0.1, 0.15) is 0 Å². The van der Waals surface area contributed by atoms with Crippen LogP contribution in [0.25, 0.3) is 0 Å². The van der Waals surface area contributed by atoms with Crippen LogP contribution in [0.1, 0.15) is 29.3 Å². The number of carbonyl (C=O) groups is 3. The molecule has 1 saturated heterocycles. The summed E-state index contributed by atoms with van der Waals surface area (Å²) in [4.78, 5) is 36.0. The second kappa shape index (κ2) is 4.25. The Morgan fingerprint density at radius 2 is 2.06 bits per heavy atom. The largest absolute Gasteiger partial charge is 0.478 e. The smallest absolute Gasteiger partial charge is 0.337 e. The Hall–Kier alpha value is -2.17. The SMILES string of the molecule is Cc1cccc(C(=O)O)c1N1C(=O)CC(C)C1=O. The second-order valence-electron chi connectivity index (χ2n) is 4.45. The Morgan fingerprint density at radius 1 is 1.39 bits per heavy atom. The number of aryl methyl sites for hydroxylation is 1. The monoisotopic (exact) mass is 247 g/mol. The molecule has 94 valence electrons. The van der Waals surface area contributed by atoms with Gasteiger partial charge >= 0.3 is 5.97 Å². The van der Waals surface area contributed by atoms with E-state index < -0.39 is 11.9 Å². The Morgan fingerprint density at radius 3 is 2.56 bits per heavy atom. The van der Waals surface area contributed by atoms with Gasteiger partial charge in [-0.3, -0.25) is 9.59 Å². The van der Waals surface area contributed by atoms with E-state index in [4.69, 9.17) is 5.11 Å². The van der Waals surface area contributed by atoms with Crippen LogP contribution in [0.2, 0.25) is 0 Å². The first-order valence-electron chi connectivity index (χ1n) is 5.63. The van der Waals surface area contributed by atoms with Gasteiger partial charge in [0.15, 0.2) is 0 Å². The first kappa shape index (κ1) is 12.3. The fourth-order valence-electron chi connectivity index (χ4n) is 2.15. The molecule has 0 saturated carbocycles. The predicted molar refractivity (Wildman–Crippen MR) is 64.4 cm³/mol. The van der Waals surface area contributed by atoms with Crippen LogP contribution < -0.4 is 4.90 Å². The summed E-state index contributed by atoms with van der Waals surface area (Å²) in [5.41, 5.74) is 0.779. The van der Waals surface area contributed by atoms with Gasteiger partial charge in [0.2, 0.25) is 11.8 Å². The van der Waals surface area contributed by atoms with Gasteiger partial charge < -0.3 is 5.11 Å². The van der Waals surface area contributed by atoms with Gasteiger partial charge in [-0.1, -0.05) is 19.1 Å². The molecule has 0 bridgehead atoms. The van der Waals surface area contributed by atoms with Gasteiger partial charge in [-0.05, 0) is 18.6 Å². The molecule has 1 unspecified atom stereocenters. The summed E-state index contributed by atoms with van der Waals surface area (Å²) in [6, 6.07) is 4.68. The quantitative estimate of drug-likeness (QED) is 0.805. The zero-order chi connectivity index (χ0) is 13.4. The molecule has 0 radical (unpaired) electrons. The van der Waals surface area contributed by atoms with Crippen LogP contribution in [0.15, 0.2) is 18.2 Å². The van der Waals surface area contributed by atoms with Crippen molar-refractivity contribution in [2.24, 2.45) is 5.92 Å². The van der Waals surface area contributed by atoms with E-state index in [2.05, 4.69) is 0 Å². The van der Waals surface area contributed by atoms with Crippen LogP contribution in [-0.4, -0.2) is 22.9 Å². The van der Waals surface area contributed by atoms with Crippen molar-refractivity contribution in [2.75, 3.05) is 4.90 Å². The van der Waals surface area contributed by atoms with E-state index in [9.17, 15) is 14.4 Å². The molecular weight excluding hydrogens is 234 g/mol. The van der Waals surface area contributed by atoms with Crippen molar-refractivity contribution in [3.05, 3.63) is 29.3 Å². The fraction of sp³-hybridized carbons (Fsp3) is 0.308. The minimum Gasteiger partial charge on any atom is -0.478 e. The number of hydrogen-bond donors (Lipinski definition) is 1. The lowest BCUT2D eigenvalue weighted by Crippen LogP contribution is -2.32. The summed E-state index contributed by atoms with van der Waals surface area (Å²) in [6.45, 7) is 3.35. The molecule has 0 aliphatic carbocycles. The number of carbonyl (C=O) groups excluding carboxylic acids is 2. The van der Waals surface area contributed by atoms with Crippen LogP contribution in [0.3, 0.4) is 0 Å². The highest BCUT2D eigenvalue weighted by Crippen LogP contribution is 2.31. The Labute approximate surface area is 104 Å². The number of nitrogens with zero attached hydrogens (tertiary/aromatic N) is 1. The number of para-hydroxylation sites is 1. The molecular formula is C13H13NO4. The molecule has 2 amide bonds. The number of carboxylic acids is 1. The van der Waals surface area contributed by atoms with Gasteiger partial charge in [0.05, 0.1) is 11.3 Å². The third-order valence-corrected chi connectivity index (χ3v) is 3.06. The zero-order valence-electron chi connectivity index (χ0n) is 10.1. The van der Waals surface area contributed by atoms with E-state index in [1.165, 1.54) is 6.07 Å². The first-order chi connectivity index (χ1) is 8.43. The number of hydrogen-bond acceptors (Lipinski definition) is 3. The van der Waals surface area contributed by atoms with E-state index in [0.29, 0.717) is 5.56 Å². The van der Waals surface area contributed by atoms with Gasteiger partial charge in [-0.25, -0.2) is 9.69 Å². The minimum atomic E-state index is -1.14. The summed E-state index contributed by atoms with van der Waals surface area (Å²) >= 11 is 0. The van der Waals surface area contributed by atoms with Gasteiger partial charge in [-0.15, -0.1) is 0 Å². The molecule has 1 atom stereocenters. The van der Waals surface area contributed by atoms with Crippen molar-refractivity contribution in [1.82, 2.24) is 0 Å². The van der Waals surface area contributed by atoms with Gasteiger partial charge in [-0.2, -0.15) is 0 Å². The van der Waals surface area contributed by atoms with Crippen molar-refractivity contribution in [1.29, 1.82) is 0 Å². The van der Waals surface area contributed by atoms with Gasteiger partial charge in [0, 0.05) is 12.3 Å². The third-order valence-electron chi connectivity index (χ3n) is 3.06. The van der Waals surface area contributed by atoms with E-state index in [1.54, 1.807) is 26.0 Å². The molecule has 1 fully saturated rings. The van der Waals surface area contributed by atoms with Crippen molar-refractivity contribution in [3.8, 4) is 0 Å². The van der Waals surface area contributed by atoms with Crippen LogP contribution in [0.5, 0.6) is 0 Å². The Bertz CT molecular complexity index is 550. The number of rotatable bonds is 2. The van der Waals surface area contributed by atoms with E-state index in [-0.39, 0.29) is 29.5 Å². The highest BCUT2D eigenvalue weighted by Gasteiger charge is 2.39. The average Bonchev–Trinajstić information content (AvgIpc) is 2.54. The summed E-state index contributed by atoms with van der Waals surface area (Å²) in [5, 5.41) is 9.14. The summed E-state index contributed by atoms with van der Waals surface area (Å²) < 4.78 is 0. The number of carboxylic acid groups (broad SMARTS) is 1. The van der Waals surface area contributed by atoms with E-state index >= 15 is 0 Å². The predicted octanol–water partition coefficient (Wildman–Crippen LogP) is 1.59. The molecule has 1 aliphatic heterocycles. The lowest BCUT2D eigenvalue weighted by atomic mass is 10.1. The molecule has 1 aliphatic rings. The van der Waals surface area contributed by atoms with Crippen molar-refractivity contribution >= 4 is 23.5 Å². The van der Waals surface area contributed by atoms with E-state index in [0.717, 1.165) is 4.90 Å². The maximum atomic E-state index is 12.0. The van der Waals surface area contributed by atoms with Crippen LogP contribution in [-0.2, 0) is 9.59 Å². The number of amides is 2. The molecule has 0 spiro atoms. The molecule has 1 aromatic rings. The number of anilines is 1. The molecule has 18 heavy (non-hydrogen) atoms. The van der Waals surface area contributed by atoms with Crippen LogP contribution >= 0.6 is 0 Å². The molecule has 1 N–H and O–H groups in total. The average molecular weight is 247 g/mol. The highest BCUT2D eigenvalue weighted by molar-refractivity contribution is 6.23. The minimum absolute atomic E-state index is 0.0224. The van der Waals surface area contributed by atoms with Crippen LogP contribution in [0, 0.1) is 12.8 Å². The number of aromatic carboxylic acids is 1. The first-order valence-corrected chi connectivity index (χ1v) is 5.63. The maximum absolute atomic E-state index is 12.0. The molecule has 1 aromatic carbocycles. The molecule has 2 rings (SSSR count). The van der Waals surface area contributed by atoms with Gasteiger partial charge in [0.25, 0.3) is 0 Å². The molecule has 0 aromatic heterocycles. The number of imide groups is 1. The Balaban J connectivity index is 2.61. The van der Waals surface area contributed by atoms with Crippen molar-refractivity contribution in [2.45, 2.75) is 20.3 Å². The zero-order valence-corrected chi connectivity index (χ0v) is 10.1. The molecule has 5 heteroatoms. The summed E-state index contributed by atoms with van der Waals surface area (Å²) in [5.74, 6) is -2.21. The van der Waals surface area contributed by atoms with Crippen LogP contribution in [0.4, 0.5) is 5.69 Å². The van der Waals surface area contributed by atoms with Crippen molar-refractivity contribution < 1.29 is 19.5 Å². The third kappa shape index (κ3) is 1.77.